The maximum absolute atomic E-state index is 13.0. The third kappa shape index (κ3) is 4.11. The molecule has 1 atom stereocenters. The lowest BCUT2D eigenvalue weighted by Gasteiger charge is -2.32. The summed E-state index contributed by atoms with van der Waals surface area (Å²) >= 11 is 0. The van der Waals surface area contributed by atoms with Crippen molar-refractivity contribution in [1.82, 2.24) is 14.9 Å². The Bertz CT molecular complexity index is 764. The lowest BCUT2D eigenvalue weighted by atomic mass is 9.89. The van der Waals surface area contributed by atoms with Crippen molar-refractivity contribution in [2.75, 3.05) is 33.0 Å². The molecule has 0 amide bonds. The fourth-order valence-corrected chi connectivity index (χ4v) is 3.34. The molecule has 1 unspecified atom stereocenters. The first-order valence-corrected chi connectivity index (χ1v) is 8.65. The summed E-state index contributed by atoms with van der Waals surface area (Å²) < 4.78 is 10.6. The van der Waals surface area contributed by atoms with Crippen molar-refractivity contribution in [3.05, 3.63) is 41.7 Å². The summed E-state index contributed by atoms with van der Waals surface area (Å²) in [4.78, 5) is 23.4. The number of nitrogen functional groups attached to an aromatic ring is 1. The van der Waals surface area contributed by atoms with Gasteiger partial charge in [0.25, 0.3) is 0 Å². The van der Waals surface area contributed by atoms with Gasteiger partial charge in [-0.2, -0.15) is 0 Å². The average molecular weight is 356 g/mol. The first-order chi connectivity index (χ1) is 12.6. The molecule has 1 aliphatic heterocycles. The molecule has 1 saturated heterocycles. The molecular weight excluding hydrogens is 332 g/mol. The SMILES string of the molecule is COc1ccc(C(=O)C2CCCN(Cc3cnc(N)nc3)C2)c(OC)c1. The molecule has 1 fully saturated rings. The van der Waals surface area contributed by atoms with Gasteiger partial charge in [0.15, 0.2) is 5.78 Å². The Morgan fingerprint density at radius 2 is 2.04 bits per heavy atom. The lowest BCUT2D eigenvalue weighted by molar-refractivity contribution is 0.0808. The van der Waals surface area contributed by atoms with E-state index in [4.69, 9.17) is 15.2 Å². The van der Waals surface area contributed by atoms with Gasteiger partial charge in [-0.25, -0.2) is 9.97 Å². The summed E-state index contributed by atoms with van der Waals surface area (Å²) in [6.45, 7) is 2.37. The molecule has 0 radical (unpaired) electrons. The van der Waals surface area contributed by atoms with E-state index < -0.39 is 0 Å². The number of nitrogens with zero attached hydrogens (tertiary/aromatic N) is 3. The van der Waals surface area contributed by atoms with E-state index in [9.17, 15) is 4.79 Å². The second-order valence-electron chi connectivity index (χ2n) is 6.45. The van der Waals surface area contributed by atoms with Crippen LogP contribution in [0.1, 0.15) is 28.8 Å². The molecule has 7 heteroatoms. The molecule has 2 heterocycles. The number of piperidine rings is 1. The third-order valence-corrected chi connectivity index (χ3v) is 4.68. The summed E-state index contributed by atoms with van der Waals surface area (Å²) in [5.41, 5.74) is 7.13. The van der Waals surface area contributed by atoms with Crippen LogP contribution < -0.4 is 15.2 Å². The second kappa shape index (κ2) is 8.14. The largest absolute Gasteiger partial charge is 0.497 e. The number of likely N-dealkylation sites (tertiary alicyclic amines) is 1. The van der Waals surface area contributed by atoms with Gasteiger partial charge in [-0.1, -0.05) is 0 Å². The van der Waals surface area contributed by atoms with Crippen LogP contribution in [0.25, 0.3) is 0 Å². The molecule has 2 N–H and O–H groups in total. The van der Waals surface area contributed by atoms with Crippen LogP contribution in [0.2, 0.25) is 0 Å². The van der Waals surface area contributed by atoms with E-state index in [1.807, 2.05) is 0 Å². The number of Topliss-reactive ketones (excluding diaryl/α,β-unsaturated/α-hetero) is 1. The first kappa shape index (κ1) is 18.1. The Morgan fingerprint density at radius 3 is 2.73 bits per heavy atom. The molecule has 0 aliphatic carbocycles. The van der Waals surface area contributed by atoms with Crippen molar-refractivity contribution in [1.29, 1.82) is 0 Å². The normalized spacial score (nSPS) is 17.7. The molecule has 0 saturated carbocycles. The van der Waals surface area contributed by atoms with Crippen molar-refractivity contribution < 1.29 is 14.3 Å². The molecule has 0 bridgehead atoms. The van der Waals surface area contributed by atoms with E-state index in [0.29, 0.717) is 30.2 Å². The third-order valence-electron chi connectivity index (χ3n) is 4.68. The molecule has 7 nitrogen and oxygen atoms in total. The monoisotopic (exact) mass is 356 g/mol. The molecule has 3 rings (SSSR count). The number of carbonyl (C=O) groups excluding carboxylic acids is 1. The number of hydrogen-bond acceptors (Lipinski definition) is 7. The highest BCUT2D eigenvalue weighted by Crippen LogP contribution is 2.29. The Hall–Kier alpha value is -2.67. The Kier molecular flexibility index (Phi) is 5.68. The number of carbonyl (C=O) groups is 1. The summed E-state index contributed by atoms with van der Waals surface area (Å²) in [5.74, 6) is 1.56. The molecular formula is C19H24N4O3. The average Bonchev–Trinajstić information content (AvgIpc) is 2.69. The van der Waals surface area contributed by atoms with E-state index in [-0.39, 0.29) is 17.6 Å². The van der Waals surface area contributed by atoms with Crippen LogP contribution in [-0.4, -0.2) is 48.0 Å². The zero-order valence-electron chi connectivity index (χ0n) is 15.1. The van der Waals surface area contributed by atoms with Gasteiger partial charge in [0.05, 0.1) is 19.8 Å². The number of anilines is 1. The highest BCUT2D eigenvalue weighted by Gasteiger charge is 2.28. The molecule has 1 aromatic heterocycles. The van der Waals surface area contributed by atoms with Crippen LogP contribution in [0, 0.1) is 5.92 Å². The molecule has 0 spiro atoms. The summed E-state index contributed by atoms with van der Waals surface area (Å²) in [6.07, 6.45) is 5.33. The molecule has 1 aromatic carbocycles. The first-order valence-electron chi connectivity index (χ1n) is 8.65. The quantitative estimate of drug-likeness (QED) is 0.793. The van der Waals surface area contributed by atoms with Gasteiger partial charge in [-0.05, 0) is 31.5 Å². The van der Waals surface area contributed by atoms with E-state index in [1.54, 1.807) is 44.8 Å². The van der Waals surface area contributed by atoms with Crippen molar-refractivity contribution in [2.24, 2.45) is 5.92 Å². The fraction of sp³-hybridized carbons (Fsp3) is 0.421. The van der Waals surface area contributed by atoms with Crippen LogP contribution in [0.15, 0.2) is 30.6 Å². The van der Waals surface area contributed by atoms with E-state index in [2.05, 4.69) is 14.9 Å². The molecule has 2 aromatic rings. The van der Waals surface area contributed by atoms with E-state index >= 15 is 0 Å². The highest BCUT2D eigenvalue weighted by molar-refractivity contribution is 6.00. The topological polar surface area (TPSA) is 90.6 Å². The zero-order valence-corrected chi connectivity index (χ0v) is 15.1. The maximum atomic E-state index is 13.0. The number of ether oxygens (including phenoxy) is 2. The predicted molar refractivity (Wildman–Crippen MR) is 98.3 cm³/mol. The zero-order chi connectivity index (χ0) is 18.5. The van der Waals surface area contributed by atoms with E-state index in [0.717, 1.165) is 24.9 Å². The molecule has 138 valence electrons. The van der Waals surface area contributed by atoms with Crippen LogP contribution in [0.3, 0.4) is 0 Å². The smallest absolute Gasteiger partial charge is 0.219 e. The van der Waals surface area contributed by atoms with Gasteiger partial charge in [0.2, 0.25) is 5.95 Å². The van der Waals surface area contributed by atoms with Crippen molar-refractivity contribution in [2.45, 2.75) is 19.4 Å². The summed E-state index contributed by atoms with van der Waals surface area (Å²) in [7, 11) is 3.16. The standard InChI is InChI=1S/C19H24N4O3/c1-25-15-5-6-16(17(8-15)26-2)18(24)14-4-3-7-23(12-14)11-13-9-21-19(20)22-10-13/h5-6,8-10,14H,3-4,7,11-12H2,1-2H3,(H2,20,21,22). The number of methoxy groups -OCH3 is 2. The van der Waals surface area contributed by atoms with Crippen molar-refractivity contribution >= 4 is 11.7 Å². The highest BCUT2D eigenvalue weighted by atomic mass is 16.5. The van der Waals surface area contributed by atoms with Gasteiger partial charge in [-0.15, -0.1) is 0 Å². The van der Waals surface area contributed by atoms with Gasteiger partial charge in [-0.3, -0.25) is 9.69 Å². The van der Waals surface area contributed by atoms with Crippen LogP contribution in [0.4, 0.5) is 5.95 Å². The van der Waals surface area contributed by atoms with Gasteiger partial charge in [0, 0.05) is 43.0 Å². The fourth-order valence-electron chi connectivity index (χ4n) is 3.34. The molecule has 26 heavy (non-hydrogen) atoms. The van der Waals surface area contributed by atoms with Crippen molar-refractivity contribution in [3.8, 4) is 11.5 Å². The number of rotatable bonds is 6. The number of aromatic nitrogens is 2. The van der Waals surface area contributed by atoms with Gasteiger partial charge >= 0.3 is 0 Å². The second-order valence-corrected chi connectivity index (χ2v) is 6.45. The summed E-state index contributed by atoms with van der Waals surface area (Å²) in [6, 6.07) is 5.33. The number of ketones is 1. The number of hydrogen-bond donors (Lipinski definition) is 1. The summed E-state index contributed by atoms with van der Waals surface area (Å²) in [5, 5.41) is 0. The Labute approximate surface area is 153 Å². The van der Waals surface area contributed by atoms with Crippen LogP contribution >= 0.6 is 0 Å². The maximum Gasteiger partial charge on any atom is 0.219 e. The van der Waals surface area contributed by atoms with E-state index in [1.165, 1.54) is 0 Å². The lowest BCUT2D eigenvalue weighted by Crippen LogP contribution is -2.38. The Morgan fingerprint density at radius 1 is 1.27 bits per heavy atom. The van der Waals surface area contributed by atoms with Gasteiger partial charge < -0.3 is 15.2 Å². The van der Waals surface area contributed by atoms with Crippen molar-refractivity contribution in [3.63, 3.8) is 0 Å². The molecule has 1 aliphatic rings. The van der Waals surface area contributed by atoms with Crippen LogP contribution in [0.5, 0.6) is 11.5 Å². The number of benzene rings is 1. The Balaban J connectivity index is 1.70. The minimum atomic E-state index is -0.0549. The minimum Gasteiger partial charge on any atom is -0.497 e. The predicted octanol–water partition coefficient (Wildman–Crippen LogP) is 2.17. The minimum absolute atomic E-state index is 0.0549. The van der Waals surface area contributed by atoms with Crippen LogP contribution in [-0.2, 0) is 6.54 Å². The van der Waals surface area contributed by atoms with Gasteiger partial charge in [0.1, 0.15) is 11.5 Å². The number of nitrogens with two attached hydrogens (primary N) is 1.